The first-order valence-corrected chi connectivity index (χ1v) is 7.26. The van der Waals surface area contributed by atoms with Crippen molar-refractivity contribution in [2.24, 2.45) is 5.73 Å². The van der Waals surface area contributed by atoms with Crippen molar-refractivity contribution in [3.63, 3.8) is 0 Å². The molecule has 0 fully saturated rings. The minimum Gasteiger partial charge on any atom is -0.454 e. The molecule has 21 heavy (non-hydrogen) atoms. The van der Waals surface area contributed by atoms with Crippen LogP contribution in [0.4, 0.5) is 4.39 Å². The average molecular weight is 291 g/mol. The van der Waals surface area contributed by atoms with Crippen LogP contribution in [0.15, 0.2) is 30.6 Å². The van der Waals surface area contributed by atoms with Gasteiger partial charge < -0.3 is 10.5 Å². The van der Waals surface area contributed by atoms with Gasteiger partial charge in [0, 0.05) is 17.6 Å². The van der Waals surface area contributed by atoms with Gasteiger partial charge in [0.05, 0.1) is 12.4 Å². The number of ether oxygens (including phenoxy) is 1. The van der Waals surface area contributed by atoms with Crippen LogP contribution < -0.4 is 10.5 Å². The van der Waals surface area contributed by atoms with E-state index in [1.807, 2.05) is 20.8 Å². The lowest BCUT2D eigenvalue weighted by atomic mass is 10.0. The summed E-state index contributed by atoms with van der Waals surface area (Å²) >= 11 is 0. The zero-order valence-corrected chi connectivity index (χ0v) is 12.7. The van der Waals surface area contributed by atoms with Gasteiger partial charge in [0.25, 0.3) is 0 Å². The molecule has 4 nitrogen and oxygen atoms in total. The molecule has 5 heteroatoms. The van der Waals surface area contributed by atoms with Crippen LogP contribution in [-0.4, -0.2) is 15.8 Å². The van der Waals surface area contributed by atoms with Crippen molar-refractivity contribution in [2.75, 3.05) is 0 Å². The predicted octanol–water partition coefficient (Wildman–Crippen LogP) is 3.68. The van der Waals surface area contributed by atoms with Crippen molar-refractivity contribution in [1.29, 1.82) is 0 Å². The van der Waals surface area contributed by atoms with Crippen LogP contribution >= 0.6 is 0 Å². The second-order valence-electron chi connectivity index (χ2n) is 5.44. The number of hydrogen-bond acceptors (Lipinski definition) is 3. The number of nitrogens with zero attached hydrogens (tertiary/aromatic N) is 2. The van der Waals surface area contributed by atoms with E-state index < -0.39 is 0 Å². The van der Waals surface area contributed by atoms with Crippen LogP contribution in [0.5, 0.6) is 11.5 Å². The molecule has 0 bridgehead atoms. The summed E-state index contributed by atoms with van der Waals surface area (Å²) in [5, 5.41) is 4.21. The van der Waals surface area contributed by atoms with Gasteiger partial charge in [-0.15, -0.1) is 0 Å². The normalized spacial score (nSPS) is 12.7. The molecule has 0 radical (unpaired) electrons. The Morgan fingerprint density at radius 3 is 2.76 bits per heavy atom. The van der Waals surface area contributed by atoms with E-state index in [0.717, 1.165) is 6.42 Å². The zero-order chi connectivity index (χ0) is 15.4. The van der Waals surface area contributed by atoms with Gasteiger partial charge in [-0.1, -0.05) is 13.0 Å². The van der Waals surface area contributed by atoms with Gasteiger partial charge in [0.1, 0.15) is 11.6 Å². The minimum absolute atomic E-state index is 0.0809. The first-order valence-electron chi connectivity index (χ1n) is 7.26. The molecule has 0 saturated heterocycles. The lowest BCUT2D eigenvalue weighted by molar-refractivity contribution is 0.458. The summed E-state index contributed by atoms with van der Waals surface area (Å²) in [6, 6.07) is 5.00. The average Bonchev–Trinajstić information content (AvgIpc) is 2.91. The number of benzene rings is 1. The topological polar surface area (TPSA) is 53.1 Å². The molecule has 2 rings (SSSR count). The monoisotopic (exact) mass is 291 g/mol. The Hall–Kier alpha value is -1.88. The molecular weight excluding hydrogens is 269 g/mol. The van der Waals surface area contributed by atoms with Crippen LogP contribution in [0.3, 0.4) is 0 Å². The molecule has 1 aromatic heterocycles. The summed E-state index contributed by atoms with van der Waals surface area (Å²) in [5.41, 5.74) is 6.46. The molecule has 1 heterocycles. The molecule has 0 aliphatic rings. The van der Waals surface area contributed by atoms with Crippen LogP contribution in [0.1, 0.15) is 38.8 Å². The van der Waals surface area contributed by atoms with E-state index >= 15 is 0 Å². The van der Waals surface area contributed by atoms with E-state index in [4.69, 9.17) is 10.5 Å². The minimum atomic E-state index is -0.285. The first kappa shape index (κ1) is 15.5. The second kappa shape index (κ2) is 6.72. The van der Waals surface area contributed by atoms with Crippen LogP contribution in [0, 0.1) is 5.82 Å². The lowest BCUT2D eigenvalue weighted by Gasteiger charge is -2.14. The maximum Gasteiger partial charge on any atom is 0.165 e. The Balaban J connectivity index is 2.24. The Kier molecular flexibility index (Phi) is 4.96. The van der Waals surface area contributed by atoms with E-state index in [-0.39, 0.29) is 17.9 Å². The molecule has 0 spiro atoms. The molecule has 0 amide bonds. The van der Waals surface area contributed by atoms with Gasteiger partial charge in [-0.3, -0.25) is 4.68 Å². The summed E-state index contributed by atoms with van der Waals surface area (Å²) < 4.78 is 21.6. The summed E-state index contributed by atoms with van der Waals surface area (Å²) in [7, 11) is 0. The van der Waals surface area contributed by atoms with Crippen molar-refractivity contribution in [3.8, 4) is 11.5 Å². The van der Waals surface area contributed by atoms with E-state index in [2.05, 4.69) is 5.10 Å². The summed E-state index contributed by atoms with van der Waals surface area (Å²) in [4.78, 5) is 0. The molecule has 1 unspecified atom stereocenters. The van der Waals surface area contributed by atoms with Crippen LogP contribution in [-0.2, 0) is 6.42 Å². The maximum atomic E-state index is 14.0. The fraction of sp³-hybridized carbons (Fsp3) is 0.438. The summed E-state index contributed by atoms with van der Waals surface area (Å²) in [6.07, 6.45) is 4.68. The van der Waals surface area contributed by atoms with Crippen LogP contribution in [0.2, 0.25) is 0 Å². The van der Waals surface area contributed by atoms with Gasteiger partial charge >= 0.3 is 0 Å². The predicted molar refractivity (Wildman–Crippen MR) is 81.1 cm³/mol. The highest BCUT2D eigenvalue weighted by molar-refractivity contribution is 5.38. The van der Waals surface area contributed by atoms with Crippen molar-refractivity contribution in [3.05, 3.63) is 42.0 Å². The number of hydrogen-bond donors (Lipinski definition) is 1. The number of aromatic nitrogens is 2. The highest BCUT2D eigenvalue weighted by atomic mass is 19.1. The summed E-state index contributed by atoms with van der Waals surface area (Å²) in [6.45, 7) is 6.05. The number of nitrogens with two attached hydrogens (primary N) is 1. The molecule has 2 N–H and O–H groups in total. The highest BCUT2D eigenvalue weighted by Crippen LogP contribution is 2.28. The second-order valence-corrected chi connectivity index (χ2v) is 5.44. The molecule has 1 aromatic carbocycles. The Labute approximate surface area is 124 Å². The van der Waals surface area contributed by atoms with Gasteiger partial charge in [0.15, 0.2) is 5.75 Å². The third-order valence-corrected chi connectivity index (χ3v) is 3.40. The molecule has 114 valence electrons. The van der Waals surface area contributed by atoms with E-state index in [1.165, 1.54) is 6.07 Å². The molecule has 0 aliphatic carbocycles. The fourth-order valence-corrected chi connectivity index (χ4v) is 2.02. The third-order valence-electron chi connectivity index (χ3n) is 3.40. The van der Waals surface area contributed by atoms with Crippen LogP contribution in [0.25, 0.3) is 0 Å². The largest absolute Gasteiger partial charge is 0.454 e. The molecule has 0 aliphatic heterocycles. The first-order chi connectivity index (χ1) is 10.0. The smallest absolute Gasteiger partial charge is 0.165 e. The van der Waals surface area contributed by atoms with Gasteiger partial charge in [-0.25, -0.2) is 4.39 Å². The third kappa shape index (κ3) is 3.82. The quantitative estimate of drug-likeness (QED) is 0.883. The Morgan fingerprint density at radius 1 is 1.38 bits per heavy atom. The van der Waals surface area contributed by atoms with E-state index in [0.29, 0.717) is 23.5 Å². The number of rotatable bonds is 6. The fourth-order valence-electron chi connectivity index (χ4n) is 2.02. The maximum absolute atomic E-state index is 14.0. The van der Waals surface area contributed by atoms with E-state index in [9.17, 15) is 4.39 Å². The van der Waals surface area contributed by atoms with Gasteiger partial charge in [-0.2, -0.15) is 5.10 Å². The van der Waals surface area contributed by atoms with Crippen molar-refractivity contribution < 1.29 is 9.13 Å². The SMILES string of the molecule is CCC(N)Cc1c(F)cccc1Oc1cnn(C(C)C)c1. The Bertz CT molecular complexity index is 595. The molecule has 2 aromatic rings. The van der Waals surface area contributed by atoms with Crippen molar-refractivity contribution in [2.45, 2.75) is 45.7 Å². The summed E-state index contributed by atoms with van der Waals surface area (Å²) in [5.74, 6) is 0.815. The van der Waals surface area contributed by atoms with Gasteiger partial charge in [-0.05, 0) is 38.8 Å². The van der Waals surface area contributed by atoms with Gasteiger partial charge in [0.2, 0.25) is 0 Å². The molecule has 1 atom stereocenters. The van der Waals surface area contributed by atoms with Crippen molar-refractivity contribution in [1.82, 2.24) is 9.78 Å². The Morgan fingerprint density at radius 2 is 2.14 bits per heavy atom. The zero-order valence-electron chi connectivity index (χ0n) is 12.7. The van der Waals surface area contributed by atoms with Crippen molar-refractivity contribution >= 4 is 0 Å². The lowest BCUT2D eigenvalue weighted by Crippen LogP contribution is -2.22. The van der Waals surface area contributed by atoms with E-state index in [1.54, 1.807) is 29.2 Å². The number of halogens is 1. The highest BCUT2D eigenvalue weighted by Gasteiger charge is 2.14. The standard InChI is InChI=1S/C16H22FN3O/c1-4-12(18)8-14-15(17)6-5-7-16(14)21-13-9-19-20(10-13)11(2)3/h5-7,9-12H,4,8,18H2,1-3H3. The molecule has 0 saturated carbocycles. The molecular formula is C16H22FN3O.